The molecular weight excluding hydrogens is 228 g/mol. The zero-order valence-electron chi connectivity index (χ0n) is 11.2. The highest BCUT2D eigenvalue weighted by molar-refractivity contribution is 5.95. The van der Waals surface area contributed by atoms with Crippen LogP contribution in [0.3, 0.4) is 0 Å². The summed E-state index contributed by atoms with van der Waals surface area (Å²) in [6.07, 6.45) is 0.986. The van der Waals surface area contributed by atoms with Gasteiger partial charge in [0.15, 0.2) is 0 Å². The van der Waals surface area contributed by atoms with Gasteiger partial charge in [0.25, 0.3) is 5.91 Å². The van der Waals surface area contributed by atoms with Crippen molar-refractivity contribution in [1.29, 1.82) is 0 Å². The maximum absolute atomic E-state index is 12.0. The summed E-state index contributed by atoms with van der Waals surface area (Å²) in [4.78, 5) is 12.0. The fourth-order valence-corrected chi connectivity index (χ4v) is 1.91. The van der Waals surface area contributed by atoms with Crippen molar-refractivity contribution in [3.63, 3.8) is 0 Å². The second-order valence-electron chi connectivity index (χ2n) is 5.20. The van der Waals surface area contributed by atoms with Crippen molar-refractivity contribution in [1.82, 2.24) is 5.32 Å². The fourth-order valence-electron chi connectivity index (χ4n) is 1.91. The van der Waals surface area contributed by atoms with E-state index in [0.29, 0.717) is 12.1 Å². The number of anilines is 1. The van der Waals surface area contributed by atoms with Crippen LogP contribution in [0.5, 0.6) is 0 Å². The second kappa shape index (κ2) is 4.98. The number of fused-ring (bicyclic) bond motifs is 1. The van der Waals surface area contributed by atoms with Crippen LogP contribution in [-0.4, -0.2) is 31.7 Å². The van der Waals surface area contributed by atoms with E-state index in [0.717, 1.165) is 18.7 Å². The Morgan fingerprint density at radius 3 is 3.00 bits per heavy atom. The summed E-state index contributed by atoms with van der Waals surface area (Å²) in [5.74, 6) is -0.0465. The first-order valence-electron chi connectivity index (χ1n) is 6.22. The Balaban J connectivity index is 2.01. The Kier molecular flexibility index (Phi) is 3.57. The number of ether oxygens (including phenoxy) is 1. The molecular formula is C14H20N2O2. The number of amides is 1. The lowest BCUT2D eigenvalue weighted by Crippen LogP contribution is -2.39. The molecule has 0 fully saturated rings. The molecule has 0 saturated carbocycles. The molecule has 98 valence electrons. The lowest BCUT2D eigenvalue weighted by molar-refractivity contribution is 0.0229. The standard InChI is InChI=1S/C14H20N2O2/c1-14(2,18-3)9-16-13(17)11-4-5-12-10(8-11)6-7-15-12/h4-5,8,15H,6-7,9H2,1-3H3,(H,16,17). The van der Waals surface area contributed by atoms with E-state index in [1.807, 2.05) is 32.0 Å². The number of rotatable bonds is 4. The van der Waals surface area contributed by atoms with E-state index < -0.39 is 0 Å². The Labute approximate surface area is 108 Å². The number of nitrogens with one attached hydrogen (secondary N) is 2. The molecule has 0 unspecified atom stereocenters. The molecule has 1 aliphatic rings. The highest BCUT2D eigenvalue weighted by atomic mass is 16.5. The van der Waals surface area contributed by atoms with Crippen LogP contribution < -0.4 is 10.6 Å². The number of carbonyl (C=O) groups is 1. The molecule has 1 aromatic rings. The molecule has 0 aromatic heterocycles. The Bertz CT molecular complexity index is 455. The number of benzene rings is 1. The van der Waals surface area contributed by atoms with Gasteiger partial charge in [0, 0.05) is 31.5 Å². The number of carbonyl (C=O) groups excluding carboxylic acids is 1. The van der Waals surface area contributed by atoms with Gasteiger partial charge in [-0.3, -0.25) is 4.79 Å². The minimum Gasteiger partial charge on any atom is -0.384 e. The van der Waals surface area contributed by atoms with Crippen molar-refractivity contribution >= 4 is 11.6 Å². The van der Waals surface area contributed by atoms with Crippen LogP contribution in [0.15, 0.2) is 18.2 Å². The summed E-state index contributed by atoms with van der Waals surface area (Å²) in [5, 5.41) is 6.18. The Hall–Kier alpha value is -1.55. The van der Waals surface area contributed by atoms with Crippen molar-refractivity contribution in [2.24, 2.45) is 0 Å². The lowest BCUT2D eigenvalue weighted by Gasteiger charge is -2.23. The maximum atomic E-state index is 12.0. The van der Waals surface area contributed by atoms with Crippen molar-refractivity contribution in [2.75, 3.05) is 25.5 Å². The Morgan fingerprint density at radius 2 is 2.28 bits per heavy atom. The van der Waals surface area contributed by atoms with Crippen molar-refractivity contribution < 1.29 is 9.53 Å². The van der Waals surface area contributed by atoms with Crippen LogP contribution in [0.4, 0.5) is 5.69 Å². The normalized spacial score (nSPS) is 13.9. The minimum absolute atomic E-state index is 0.0465. The van der Waals surface area contributed by atoms with Gasteiger partial charge in [-0.2, -0.15) is 0 Å². The summed E-state index contributed by atoms with van der Waals surface area (Å²) in [7, 11) is 1.65. The molecule has 0 aliphatic carbocycles. The van der Waals surface area contributed by atoms with Crippen LogP contribution in [-0.2, 0) is 11.2 Å². The van der Waals surface area contributed by atoms with E-state index in [4.69, 9.17) is 4.74 Å². The number of hydrogen-bond acceptors (Lipinski definition) is 3. The maximum Gasteiger partial charge on any atom is 0.251 e. The van der Waals surface area contributed by atoms with E-state index in [-0.39, 0.29) is 11.5 Å². The highest BCUT2D eigenvalue weighted by Gasteiger charge is 2.19. The first kappa shape index (κ1) is 12.9. The third-order valence-corrected chi connectivity index (χ3v) is 3.30. The van der Waals surface area contributed by atoms with Crippen LogP contribution in [0.25, 0.3) is 0 Å². The molecule has 1 heterocycles. The molecule has 0 spiro atoms. The fraction of sp³-hybridized carbons (Fsp3) is 0.500. The molecule has 0 atom stereocenters. The second-order valence-corrected chi connectivity index (χ2v) is 5.20. The van der Waals surface area contributed by atoms with Gasteiger partial charge in [0.2, 0.25) is 0 Å². The predicted molar refractivity (Wildman–Crippen MR) is 72.1 cm³/mol. The zero-order valence-corrected chi connectivity index (χ0v) is 11.2. The smallest absolute Gasteiger partial charge is 0.251 e. The topological polar surface area (TPSA) is 50.4 Å². The average Bonchev–Trinajstić information content (AvgIpc) is 2.83. The van der Waals surface area contributed by atoms with E-state index in [9.17, 15) is 4.79 Å². The lowest BCUT2D eigenvalue weighted by atomic mass is 10.1. The summed E-state index contributed by atoms with van der Waals surface area (Å²) < 4.78 is 5.27. The molecule has 1 amide bonds. The average molecular weight is 248 g/mol. The van der Waals surface area contributed by atoms with Crippen LogP contribution >= 0.6 is 0 Å². The zero-order chi connectivity index (χ0) is 13.2. The van der Waals surface area contributed by atoms with Crippen molar-refractivity contribution in [3.05, 3.63) is 29.3 Å². The summed E-state index contributed by atoms with van der Waals surface area (Å²) in [6, 6.07) is 5.79. The van der Waals surface area contributed by atoms with Gasteiger partial charge in [0.1, 0.15) is 0 Å². The van der Waals surface area contributed by atoms with Crippen molar-refractivity contribution in [3.8, 4) is 0 Å². The molecule has 4 heteroatoms. The van der Waals surface area contributed by atoms with Crippen LogP contribution in [0.2, 0.25) is 0 Å². The van der Waals surface area contributed by atoms with Gasteiger partial charge in [-0.1, -0.05) is 0 Å². The van der Waals surface area contributed by atoms with Gasteiger partial charge in [-0.15, -0.1) is 0 Å². The predicted octanol–water partition coefficient (Wildman–Crippen LogP) is 1.81. The third-order valence-electron chi connectivity index (χ3n) is 3.30. The first-order valence-corrected chi connectivity index (χ1v) is 6.22. The number of methoxy groups -OCH3 is 1. The minimum atomic E-state index is -0.339. The monoisotopic (exact) mass is 248 g/mol. The first-order chi connectivity index (χ1) is 8.52. The van der Waals surface area contributed by atoms with Crippen molar-refractivity contribution in [2.45, 2.75) is 25.9 Å². The van der Waals surface area contributed by atoms with E-state index >= 15 is 0 Å². The SMILES string of the molecule is COC(C)(C)CNC(=O)c1ccc2c(c1)CCN2. The van der Waals surface area contributed by atoms with Crippen LogP contribution in [0.1, 0.15) is 29.8 Å². The summed E-state index contributed by atoms with van der Waals surface area (Å²) in [5.41, 5.74) is 2.73. The molecule has 0 saturated heterocycles. The third kappa shape index (κ3) is 2.82. The highest BCUT2D eigenvalue weighted by Crippen LogP contribution is 2.22. The Morgan fingerprint density at radius 1 is 1.50 bits per heavy atom. The van der Waals surface area contributed by atoms with Gasteiger partial charge in [0.05, 0.1) is 5.60 Å². The van der Waals surface area contributed by atoms with Gasteiger partial charge in [-0.25, -0.2) is 0 Å². The summed E-state index contributed by atoms with van der Waals surface area (Å²) >= 11 is 0. The largest absolute Gasteiger partial charge is 0.384 e. The van der Waals surface area contributed by atoms with E-state index in [1.54, 1.807) is 7.11 Å². The molecule has 0 radical (unpaired) electrons. The molecule has 18 heavy (non-hydrogen) atoms. The van der Waals surface area contributed by atoms with E-state index in [2.05, 4.69) is 10.6 Å². The molecule has 2 N–H and O–H groups in total. The van der Waals surface area contributed by atoms with Gasteiger partial charge in [-0.05, 0) is 44.0 Å². The molecule has 1 aromatic carbocycles. The van der Waals surface area contributed by atoms with Gasteiger partial charge < -0.3 is 15.4 Å². The van der Waals surface area contributed by atoms with E-state index in [1.165, 1.54) is 5.56 Å². The molecule has 4 nitrogen and oxygen atoms in total. The van der Waals surface area contributed by atoms with Gasteiger partial charge >= 0.3 is 0 Å². The molecule has 1 aliphatic heterocycles. The quantitative estimate of drug-likeness (QED) is 0.854. The number of hydrogen-bond donors (Lipinski definition) is 2. The van der Waals surface area contributed by atoms with Crippen LogP contribution in [0, 0.1) is 0 Å². The molecule has 2 rings (SSSR count). The summed E-state index contributed by atoms with van der Waals surface area (Å²) in [6.45, 7) is 5.34. The molecule has 0 bridgehead atoms.